The number of aromatic nitrogens is 3. The SMILES string of the molecule is Cc1cn(-c2ccc3n(c2=O)CCN([C@@H](C)COc2ccc(F)c4c2OC(F)(F)CC4)C3=O)cn1. The molecule has 2 aromatic heterocycles. The van der Waals surface area contributed by atoms with Crippen LogP contribution < -0.4 is 15.0 Å². The van der Waals surface area contributed by atoms with Gasteiger partial charge in [0.25, 0.3) is 11.5 Å². The zero-order valence-electron chi connectivity index (χ0n) is 19.1. The van der Waals surface area contributed by atoms with Crippen LogP contribution in [0.25, 0.3) is 5.69 Å². The second kappa shape index (κ2) is 8.47. The second-order valence-electron chi connectivity index (χ2n) is 8.73. The molecule has 0 spiro atoms. The molecule has 1 aromatic carbocycles. The van der Waals surface area contributed by atoms with Crippen LogP contribution in [0.5, 0.6) is 11.5 Å². The standard InChI is InChI=1S/C24H23F3N4O4/c1-14-11-29(13-28-14)18-4-5-19-23(33)30(9-10-31(19)22(18)32)15(2)12-34-20-6-3-17(25)16-7-8-24(26,27)35-21(16)20/h3-6,11,13,15H,7-10,12H2,1-2H3/t15-/m0/s1. The molecule has 8 nitrogen and oxygen atoms in total. The van der Waals surface area contributed by atoms with Crippen molar-refractivity contribution in [3.63, 3.8) is 0 Å². The number of hydrogen-bond donors (Lipinski definition) is 0. The summed E-state index contributed by atoms with van der Waals surface area (Å²) in [6.45, 7) is 4.08. The van der Waals surface area contributed by atoms with Crippen LogP contribution >= 0.6 is 0 Å². The van der Waals surface area contributed by atoms with E-state index in [1.807, 2.05) is 6.92 Å². The van der Waals surface area contributed by atoms with E-state index in [0.717, 1.165) is 11.8 Å². The molecule has 0 radical (unpaired) electrons. The van der Waals surface area contributed by atoms with Crippen LogP contribution in [0.3, 0.4) is 0 Å². The lowest BCUT2D eigenvalue weighted by Gasteiger charge is -2.34. The molecule has 0 N–H and O–H groups in total. The molecule has 184 valence electrons. The maximum Gasteiger partial charge on any atom is 0.398 e. The molecule has 11 heteroatoms. The number of benzene rings is 1. The Labute approximate surface area is 198 Å². The van der Waals surface area contributed by atoms with Gasteiger partial charge in [-0.3, -0.25) is 9.59 Å². The number of halogens is 3. The summed E-state index contributed by atoms with van der Waals surface area (Å²) in [7, 11) is 0. The summed E-state index contributed by atoms with van der Waals surface area (Å²) in [6, 6.07) is 5.13. The van der Waals surface area contributed by atoms with Crippen LogP contribution in [-0.2, 0) is 13.0 Å². The van der Waals surface area contributed by atoms with Gasteiger partial charge < -0.3 is 23.5 Å². The van der Waals surface area contributed by atoms with Crippen molar-refractivity contribution in [2.45, 2.75) is 45.4 Å². The van der Waals surface area contributed by atoms with Crippen molar-refractivity contribution in [3.8, 4) is 17.2 Å². The highest BCUT2D eigenvalue weighted by Crippen LogP contribution is 2.42. The van der Waals surface area contributed by atoms with Crippen LogP contribution in [0.4, 0.5) is 13.2 Å². The first-order valence-electron chi connectivity index (χ1n) is 11.2. The lowest BCUT2D eigenvalue weighted by Crippen LogP contribution is -2.50. The molecule has 0 saturated carbocycles. The Morgan fingerprint density at radius 3 is 2.74 bits per heavy atom. The van der Waals surface area contributed by atoms with E-state index in [-0.39, 0.29) is 60.3 Å². The minimum Gasteiger partial charge on any atom is -0.488 e. The molecule has 1 atom stereocenters. The van der Waals surface area contributed by atoms with Crippen molar-refractivity contribution in [2.75, 3.05) is 13.2 Å². The average molecular weight is 488 g/mol. The average Bonchev–Trinajstić information content (AvgIpc) is 3.24. The zero-order chi connectivity index (χ0) is 24.9. The molecule has 3 aromatic rings. The van der Waals surface area contributed by atoms with E-state index in [1.54, 1.807) is 41.0 Å². The Hall–Kier alpha value is -3.76. The van der Waals surface area contributed by atoms with Gasteiger partial charge in [0.05, 0.1) is 24.5 Å². The third-order valence-electron chi connectivity index (χ3n) is 6.29. The summed E-state index contributed by atoms with van der Waals surface area (Å²) in [5.74, 6) is -1.29. The summed E-state index contributed by atoms with van der Waals surface area (Å²) < 4.78 is 55.1. The van der Waals surface area contributed by atoms with E-state index in [0.29, 0.717) is 5.69 Å². The number of alkyl halides is 2. The fourth-order valence-electron chi connectivity index (χ4n) is 4.41. The smallest absolute Gasteiger partial charge is 0.398 e. The molecule has 0 fully saturated rings. The largest absolute Gasteiger partial charge is 0.488 e. The van der Waals surface area contributed by atoms with Crippen molar-refractivity contribution in [2.24, 2.45) is 0 Å². The maximum atomic E-state index is 14.1. The van der Waals surface area contributed by atoms with Crippen LogP contribution in [-0.4, -0.2) is 50.2 Å². The molecule has 5 rings (SSSR count). The number of carbonyl (C=O) groups is 1. The first-order chi connectivity index (χ1) is 16.6. The Morgan fingerprint density at radius 1 is 1.20 bits per heavy atom. The number of fused-ring (bicyclic) bond motifs is 2. The van der Waals surface area contributed by atoms with Crippen LogP contribution in [0, 0.1) is 12.7 Å². The quantitative estimate of drug-likeness (QED) is 0.551. The van der Waals surface area contributed by atoms with Crippen LogP contribution in [0.15, 0.2) is 41.6 Å². The van der Waals surface area contributed by atoms with E-state index in [2.05, 4.69) is 4.98 Å². The first-order valence-corrected chi connectivity index (χ1v) is 11.2. The van der Waals surface area contributed by atoms with Crippen molar-refractivity contribution in [3.05, 3.63) is 69.9 Å². The molecule has 2 aliphatic rings. The normalized spacial score (nSPS) is 17.4. The molecule has 35 heavy (non-hydrogen) atoms. The highest BCUT2D eigenvalue weighted by Gasteiger charge is 2.39. The number of aryl methyl sites for hydroxylation is 1. The number of pyridine rings is 1. The summed E-state index contributed by atoms with van der Waals surface area (Å²) in [6.07, 6.45) is -0.909. The topological polar surface area (TPSA) is 78.6 Å². The van der Waals surface area contributed by atoms with Gasteiger partial charge in [-0.2, -0.15) is 8.78 Å². The van der Waals surface area contributed by atoms with Gasteiger partial charge in [0, 0.05) is 24.8 Å². The predicted molar refractivity (Wildman–Crippen MR) is 119 cm³/mol. The fourth-order valence-corrected chi connectivity index (χ4v) is 4.41. The van der Waals surface area contributed by atoms with Crippen molar-refractivity contribution in [1.29, 1.82) is 0 Å². The number of hydrogen-bond acceptors (Lipinski definition) is 5. The number of imidazole rings is 1. The minimum absolute atomic E-state index is 0.00558. The highest BCUT2D eigenvalue weighted by atomic mass is 19.3. The number of amides is 1. The van der Waals surface area contributed by atoms with E-state index >= 15 is 0 Å². The Bertz CT molecular complexity index is 1370. The Kier molecular flexibility index (Phi) is 5.57. The molecule has 2 aliphatic heterocycles. The minimum atomic E-state index is -3.40. The van der Waals surface area contributed by atoms with Gasteiger partial charge in [-0.15, -0.1) is 0 Å². The Balaban J connectivity index is 1.33. The van der Waals surface area contributed by atoms with Crippen molar-refractivity contribution >= 4 is 5.91 Å². The van der Waals surface area contributed by atoms with E-state index in [9.17, 15) is 22.8 Å². The zero-order valence-corrected chi connectivity index (χ0v) is 19.1. The number of ether oxygens (including phenoxy) is 2. The first kappa shape index (κ1) is 23.0. The predicted octanol–water partition coefficient (Wildman–Crippen LogP) is 3.32. The molecule has 0 saturated heterocycles. The van der Waals surface area contributed by atoms with E-state index in [1.165, 1.54) is 10.6 Å². The summed E-state index contributed by atoms with van der Waals surface area (Å²) in [5.41, 5.74) is 1.15. The molecule has 0 unspecified atom stereocenters. The van der Waals surface area contributed by atoms with E-state index in [4.69, 9.17) is 9.47 Å². The van der Waals surface area contributed by atoms with Gasteiger partial charge in [0.2, 0.25) is 0 Å². The lowest BCUT2D eigenvalue weighted by atomic mass is 10.0. The second-order valence-corrected chi connectivity index (χ2v) is 8.73. The third kappa shape index (κ3) is 4.15. The van der Waals surface area contributed by atoms with Crippen molar-refractivity contribution < 1.29 is 27.4 Å². The summed E-state index contributed by atoms with van der Waals surface area (Å²) in [4.78, 5) is 31.8. The van der Waals surface area contributed by atoms with Gasteiger partial charge in [0.15, 0.2) is 11.5 Å². The van der Waals surface area contributed by atoms with Gasteiger partial charge in [-0.25, -0.2) is 9.37 Å². The van der Waals surface area contributed by atoms with Gasteiger partial charge in [0.1, 0.15) is 23.8 Å². The van der Waals surface area contributed by atoms with Gasteiger partial charge in [-0.1, -0.05) is 0 Å². The molecular formula is C24H23F3N4O4. The van der Waals surface area contributed by atoms with Crippen molar-refractivity contribution in [1.82, 2.24) is 19.0 Å². The lowest BCUT2D eigenvalue weighted by molar-refractivity contribution is -0.188. The fraction of sp³-hybridized carbons (Fsp3) is 0.375. The molecule has 1 amide bonds. The number of rotatable bonds is 5. The molecular weight excluding hydrogens is 465 g/mol. The highest BCUT2D eigenvalue weighted by molar-refractivity contribution is 5.93. The molecule has 0 aliphatic carbocycles. The summed E-state index contributed by atoms with van der Waals surface area (Å²) >= 11 is 0. The Morgan fingerprint density at radius 2 is 2.00 bits per heavy atom. The maximum absolute atomic E-state index is 14.1. The van der Waals surface area contributed by atoms with Crippen LogP contribution in [0.1, 0.15) is 35.1 Å². The van der Waals surface area contributed by atoms with E-state index < -0.39 is 24.4 Å². The number of carbonyl (C=O) groups excluding carboxylic acids is 1. The molecule has 0 bridgehead atoms. The van der Waals surface area contributed by atoms with Gasteiger partial charge in [-0.05, 0) is 44.5 Å². The van der Waals surface area contributed by atoms with Gasteiger partial charge >= 0.3 is 6.11 Å². The third-order valence-corrected chi connectivity index (χ3v) is 6.29. The van der Waals surface area contributed by atoms with Crippen LogP contribution in [0.2, 0.25) is 0 Å². The summed E-state index contributed by atoms with van der Waals surface area (Å²) in [5, 5.41) is 0. The monoisotopic (exact) mass is 488 g/mol. The molecule has 4 heterocycles. The number of nitrogens with zero attached hydrogens (tertiary/aromatic N) is 4.